The van der Waals surface area contributed by atoms with Crippen LogP contribution in [0.2, 0.25) is 0 Å². The predicted molar refractivity (Wildman–Crippen MR) is 79.5 cm³/mol. The van der Waals surface area contributed by atoms with Gasteiger partial charge in [-0.05, 0) is 19.3 Å². The lowest BCUT2D eigenvalue weighted by atomic mass is 10.2. The fourth-order valence-corrected chi connectivity index (χ4v) is 2.52. The smallest absolute Gasteiger partial charge is 0.367 e. The average Bonchev–Trinajstić information content (AvgIpc) is 2.39. The minimum absolute atomic E-state index is 0.243. The standard InChI is InChI=1S/C14H27O5P/c1-5-8-11-17-20(16,18-12-9-6-2)19-14(15)13(4)10-7-3/h4-12H2,1-3H3. The highest BCUT2D eigenvalue weighted by atomic mass is 31.2. The molecule has 0 bridgehead atoms. The van der Waals surface area contributed by atoms with Crippen molar-refractivity contribution in [3.05, 3.63) is 12.2 Å². The lowest BCUT2D eigenvalue weighted by Gasteiger charge is -2.17. The number of carbonyl (C=O) groups excluding carboxylic acids is 1. The molecule has 0 aliphatic carbocycles. The number of unbranched alkanes of at least 4 members (excludes halogenated alkanes) is 2. The van der Waals surface area contributed by atoms with E-state index in [0.29, 0.717) is 6.42 Å². The van der Waals surface area contributed by atoms with Gasteiger partial charge in [0.1, 0.15) is 0 Å². The van der Waals surface area contributed by atoms with Crippen molar-refractivity contribution in [1.82, 2.24) is 0 Å². The van der Waals surface area contributed by atoms with E-state index in [1.807, 2.05) is 20.8 Å². The van der Waals surface area contributed by atoms with Crippen LogP contribution >= 0.6 is 7.82 Å². The highest BCUT2D eigenvalue weighted by Gasteiger charge is 2.31. The van der Waals surface area contributed by atoms with Crippen molar-refractivity contribution in [2.45, 2.75) is 59.3 Å². The van der Waals surface area contributed by atoms with Gasteiger partial charge in [-0.25, -0.2) is 9.36 Å². The summed E-state index contributed by atoms with van der Waals surface area (Å²) in [6, 6.07) is 0. The van der Waals surface area contributed by atoms with Gasteiger partial charge in [-0.15, -0.1) is 0 Å². The molecular formula is C14H27O5P. The van der Waals surface area contributed by atoms with E-state index in [1.54, 1.807) is 0 Å². The van der Waals surface area contributed by atoms with Crippen molar-refractivity contribution in [3.63, 3.8) is 0 Å². The molecule has 6 heteroatoms. The average molecular weight is 306 g/mol. The second-order valence-corrected chi connectivity index (χ2v) is 6.15. The third-order valence-corrected chi connectivity index (χ3v) is 3.92. The number of carbonyl (C=O) groups is 1. The Balaban J connectivity index is 4.53. The van der Waals surface area contributed by atoms with Crippen molar-refractivity contribution in [2.75, 3.05) is 13.2 Å². The summed E-state index contributed by atoms with van der Waals surface area (Å²) < 4.78 is 27.6. The lowest BCUT2D eigenvalue weighted by Crippen LogP contribution is -2.10. The van der Waals surface area contributed by atoms with Crippen LogP contribution in [0, 0.1) is 0 Å². The minimum atomic E-state index is -3.82. The van der Waals surface area contributed by atoms with E-state index in [2.05, 4.69) is 6.58 Å². The first-order valence-electron chi connectivity index (χ1n) is 7.29. The molecule has 0 N–H and O–H groups in total. The van der Waals surface area contributed by atoms with Crippen molar-refractivity contribution in [3.8, 4) is 0 Å². The summed E-state index contributed by atoms with van der Waals surface area (Å²) in [5.41, 5.74) is 0.283. The van der Waals surface area contributed by atoms with Gasteiger partial charge in [0, 0.05) is 5.57 Å². The highest BCUT2D eigenvalue weighted by molar-refractivity contribution is 7.49. The molecule has 0 aromatic heterocycles. The van der Waals surface area contributed by atoms with Gasteiger partial charge < -0.3 is 4.52 Å². The molecule has 0 aromatic carbocycles. The molecule has 0 saturated heterocycles. The van der Waals surface area contributed by atoms with E-state index >= 15 is 0 Å². The van der Waals surface area contributed by atoms with Gasteiger partial charge in [-0.2, -0.15) is 0 Å². The van der Waals surface area contributed by atoms with E-state index in [9.17, 15) is 9.36 Å². The first-order valence-corrected chi connectivity index (χ1v) is 8.75. The number of rotatable bonds is 12. The first-order chi connectivity index (χ1) is 9.49. The maximum absolute atomic E-state index is 12.4. The van der Waals surface area contributed by atoms with E-state index in [0.717, 1.165) is 32.1 Å². The van der Waals surface area contributed by atoms with Crippen LogP contribution in [-0.2, 0) is 22.9 Å². The monoisotopic (exact) mass is 306 g/mol. The molecule has 0 atom stereocenters. The summed E-state index contributed by atoms with van der Waals surface area (Å²) in [6.07, 6.45) is 4.52. The van der Waals surface area contributed by atoms with E-state index in [-0.39, 0.29) is 18.8 Å². The Morgan fingerprint density at radius 2 is 1.50 bits per heavy atom. The van der Waals surface area contributed by atoms with Crippen molar-refractivity contribution < 1.29 is 22.9 Å². The topological polar surface area (TPSA) is 61.8 Å². The van der Waals surface area contributed by atoms with Gasteiger partial charge in [0.25, 0.3) is 0 Å². The third kappa shape index (κ3) is 8.51. The molecular weight excluding hydrogens is 279 g/mol. The SMILES string of the molecule is C=C(CCC)C(=O)OP(=O)(OCCCC)OCCCC. The molecule has 0 amide bonds. The molecule has 0 unspecified atom stereocenters. The summed E-state index contributed by atoms with van der Waals surface area (Å²) in [7, 11) is -3.82. The minimum Gasteiger partial charge on any atom is -0.367 e. The van der Waals surface area contributed by atoms with Gasteiger partial charge >= 0.3 is 13.8 Å². The highest BCUT2D eigenvalue weighted by Crippen LogP contribution is 2.50. The van der Waals surface area contributed by atoms with Crippen LogP contribution in [0.1, 0.15) is 59.3 Å². The molecule has 118 valence electrons. The predicted octanol–water partition coefficient (Wildman–Crippen LogP) is 4.63. The van der Waals surface area contributed by atoms with Gasteiger partial charge in [-0.3, -0.25) is 9.05 Å². The fraction of sp³-hybridized carbons (Fsp3) is 0.786. The Hall–Kier alpha value is -0.640. The van der Waals surface area contributed by atoms with Crippen LogP contribution in [-0.4, -0.2) is 19.2 Å². The molecule has 0 aromatic rings. The van der Waals surface area contributed by atoms with E-state index in [1.165, 1.54) is 0 Å². The van der Waals surface area contributed by atoms with Gasteiger partial charge in [-0.1, -0.05) is 46.6 Å². The molecule has 0 aliphatic rings. The lowest BCUT2D eigenvalue weighted by molar-refractivity contribution is -0.132. The largest absolute Gasteiger partial charge is 0.532 e. The molecule has 0 heterocycles. The molecule has 0 fully saturated rings. The van der Waals surface area contributed by atoms with Gasteiger partial charge in [0.15, 0.2) is 0 Å². The van der Waals surface area contributed by atoms with Gasteiger partial charge in [0.2, 0.25) is 0 Å². The zero-order valence-electron chi connectivity index (χ0n) is 12.9. The quantitative estimate of drug-likeness (QED) is 0.299. The summed E-state index contributed by atoms with van der Waals surface area (Å²) >= 11 is 0. The van der Waals surface area contributed by atoms with Crippen LogP contribution in [0.15, 0.2) is 12.2 Å². The molecule has 0 saturated carbocycles. The second-order valence-electron chi connectivity index (χ2n) is 4.55. The Morgan fingerprint density at radius 1 is 1.00 bits per heavy atom. The molecule has 0 radical (unpaired) electrons. The van der Waals surface area contributed by atoms with Crippen LogP contribution in [0.25, 0.3) is 0 Å². The van der Waals surface area contributed by atoms with Crippen molar-refractivity contribution >= 4 is 13.8 Å². The fourth-order valence-electron chi connectivity index (χ4n) is 1.30. The maximum atomic E-state index is 12.4. The molecule has 0 aliphatic heterocycles. The Kier molecular flexibility index (Phi) is 10.7. The first kappa shape index (κ1) is 19.4. The Bertz CT molecular complexity index is 326. The molecule has 5 nitrogen and oxygen atoms in total. The number of phosphoric ester groups is 1. The van der Waals surface area contributed by atoms with Crippen LogP contribution in [0.4, 0.5) is 0 Å². The molecule has 0 rings (SSSR count). The molecule has 0 spiro atoms. The summed E-state index contributed by atoms with van der Waals surface area (Å²) in [5, 5.41) is 0. The van der Waals surface area contributed by atoms with Crippen molar-refractivity contribution in [2.24, 2.45) is 0 Å². The number of phosphoric acid groups is 1. The summed E-state index contributed by atoms with van der Waals surface area (Å²) in [6.45, 7) is 10.0. The maximum Gasteiger partial charge on any atom is 0.532 e. The second kappa shape index (κ2) is 11.1. The van der Waals surface area contributed by atoms with E-state index in [4.69, 9.17) is 13.6 Å². The van der Waals surface area contributed by atoms with Crippen LogP contribution in [0.3, 0.4) is 0 Å². The number of hydrogen-bond acceptors (Lipinski definition) is 5. The van der Waals surface area contributed by atoms with Crippen LogP contribution < -0.4 is 0 Å². The van der Waals surface area contributed by atoms with Gasteiger partial charge in [0.05, 0.1) is 13.2 Å². The van der Waals surface area contributed by atoms with Crippen molar-refractivity contribution in [1.29, 1.82) is 0 Å². The number of hydrogen-bond donors (Lipinski definition) is 0. The zero-order valence-corrected chi connectivity index (χ0v) is 13.7. The zero-order chi connectivity index (χ0) is 15.4. The summed E-state index contributed by atoms with van der Waals surface area (Å²) in [5.74, 6) is -0.705. The van der Waals surface area contributed by atoms with Crippen LogP contribution in [0.5, 0.6) is 0 Å². The Labute approximate surface area is 122 Å². The Morgan fingerprint density at radius 3 is 1.90 bits per heavy atom. The third-order valence-electron chi connectivity index (χ3n) is 2.53. The normalized spacial score (nSPS) is 11.3. The van der Waals surface area contributed by atoms with E-state index < -0.39 is 13.8 Å². The summed E-state index contributed by atoms with van der Waals surface area (Å²) in [4.78, 5) is 11.8. The molecule has 20 heavy (non-hydrogen) atoms.